The van der Waals surface area contributed by atoms with E-state index in [-0.39, 0.29) is 6.61 Å². The molecule has 2 aromatic heterocycles. The highest BCUT2D eigenvalue weighted by Crippen LogP contribution is 2.33. The van der Waals surface area contributed by atoms with Crippen molar-refractivity contribution in [1.82, 2.24) is 19.5 Å². The number of hydrogen-bond donors (Lipinski definition) is 3. The lowest BCUT2D eigenvalue weighted by atomic mass is 10.1. The van der Waals surface area contributed by atoms with Gasteiger partial charge in [0, 0.05) is 13.7 Å². The van der Waals surface area contributed by atoms with Gasteiger partial charge in [0.25, 0.3) is 0 Å². The Morgan fingerprint density at radius 2 is 2.21 bits per heavy atom. The minimum absolute atomic E-state index is 0.289. The van der Waals surface area contributed by atoms with E-state index in [0.29, 0.717) is 17.0 Å². The largest absolute Gasteiger partial charge is 0.394 e. The van der Waals surface area contributed by atoms with Crippen molar-refractivity contribution in [2.45, 2.75) is 44.3 Å². The van der Waals surface area contributed by atoms with Crippen molar-refractivity contribution in [3.8, 4) is 0 Å². The topological polar surface area (TPSA) is 115 Å². The van der Waals surface area contributed by atoms with Crippen LogP contribution in [0.25, 0.3) is 11.2 Å². The highest BCUT2D eigenvalue weighted by Gasteiger charge is 2.45. The third kappa shape index (κ3) is 2.95. The van der Waals surface area contributed by atoms with E-state index in [1.165, 1.54) is 13.4 Å². The van der Waals surface area contributed by atoms with E-state index in [0.717, 1.165) is 19.4 Å². The van der Waals surface area contributed by atoms with Crippen LogP contribution in [0.5, 0.6) is 0 Å². The molecule has 0 amide bonds. The number of aliphatic hydroxyl groups excluding tert-OH is 2. The maximum Gasteiger partial charge on any atom is 0.167 e. The fourth-order valence-electron chi connectivity index (χ4n) is 2.90. The van der Waals surface area contributed by atoms with E-state index >= 15 is 0 Å². The summed E-state index contributed by atoms with van der Waals surface area (Å²) in [6, 6.07) is 0. The number of imidazole rings is 1. The molecule has 1 aliphatic heterocycles. The first-order valence-electron chi connectivity index (χ1n) is 8.09. The Morgan fingerprint density at radius 1 is 1.38 bits per heavy atom. The molecule has 0 aliphatic carbocycles. The predicted octanol–water partition coefficient (Wildman–Crippen LogP) is 0.304. The average Bonchev–Trinajstić information content (AvgIpc) is 3.16. The van der Waals surface area contributed by atoms with Crippen molar-refractivity contribution in [2.75, 3.05) is 25.6 Å². The Bertz CT molecular complexity index is 679. The summed E-state index contributed by atoms with van der Waals surface area (Å²) in [6.45, 7) is 2.64. The van der Waals surface area contributed by atoms with Crippen molar-refractivity contribution in [3.05, 3.63) is 12.7 Å². The zero-order valence-corrected chi connectivity index (χ0v) is 13.8. The maximum absolute atomic E-state index is 10.2. The van der Waals surface area contributed by atoms with Crippen LogP contribution in [0.1, 0.15) is 26.0 Å². The molecular weight excluding hydrogens is 314 g/mol. The zero-order chi connectivity index (χ0) is 17.1. The Balaban J connectivity index is 1.91. The summed E-state index contributed by atoms with van der Waals surface area (Å²) < 4.78 is 12.8. The van der Waals surface area contributed by atoms with E-state index in [1.807, 2.05) is 0 Å². The van der Waals surface area contributed by atoms with Gasteiger partial charge in [0.15, 0.2) is 23.2 Å². The van der Waals surface area contributed by atoms with E-state index in [1.54, 1.807) is 10.9 Å². The molecule has 1 fully saturated rings. The minimum Gasteiger partial charge on any atom is -0.394 e. The molecule has 0 unspecified atom stereocenters. The van der Waals surface area contributed by atoms with Gasteiger partial charge >= 0.3 is 0 Å². The third-order valence-corrected chi connectivity index (χ3v) is 4.22. The lowest BCUT2D eigenvalue weighted by Crippen LogP contribution is -2.34. The number of ether oxygens (including phenoxy) is 2. The summed E-state index contributed by atoms with van der Waals surface area (Å²) in [4.78, 5) is 12.9. The van der Waals surface area contributed by atoms with Gasteiger partial charge in [0.1, 0.15) is 24.6 Å². The molecule has 0 spiro atoms. The lowest BCUT2D eigenvalue weighted by molar-refractivity contribution is -0.0583. The van der Waals surface area contributed by atoms with Crippen LogP contribution in [0.4, 0.5) is 5.82 Å². The number of aliphatic hydroxyl groups is 2. The molecular formula is C15H23N5O4. The summed E-state index contributed by atoms with van der Waals surface area (Å²) in [6.07, 6.45) is 2.30. The van der Waals surface area contributed by atoms with Gasteiger partial charge in [-0.1, -0.05) is 13.3 Å². The second kappa shape index (κ2) is 7.39. The summed E-state index contributed by atoms with van der Waals surface area (Å²) in [5.41, 5.74) is 1.22. The zero-order valence-electron chi connectivity index (χ0n) is 13.8. The monoisotopic (exact) mass is 337 g/mol. The molecule has 0 aromatic carbocycles. The van der Waals surface area contributed by atoms with Crippen molar-refractivity contribution in [2.24, 2.45) is 0 Å². The average molecular weight is 337 g/mol. The fourth-order valence-corrected chi connectivity index (χ4v) is 2.90. The van der Waals surface area contributed by atoms with E-state index in [9.17, 15) is 10.2 Å². The molecule has 2 aromatic rings. The van der Waals surface area contributed by atoms with Crippen molar-refractivity contribution in [1.29, 1.82) is 0 Å². The first-order valence-corrected chi connectivity index (χ1v) is 8.09. The van der Waals surface area contributed by atoms with Gasteiger partial charge in [0.05, 0.1) is 12.9 Å². The third-order valence-electron chi connectivity index (χ3n) is 4.22. The molecule has 1 aliphatic rings. The van der Waals surface area contributed by atoms with Crippen molar-refractivity contribution >= 4 is 17.0 Å². The summed E-state index contributed by atoms with van der Waals surface area (Å²) in [5, 5.41) is 22.8. The van der Waals surface area contributed by atoms with Gasteiger partial charge in [-0.2, -0.15) is 0 Å². The highest BCUT2D eigenvalue weighted by molar-refractivity contribution is 5.82. The number of hydrogen-bond acceptors (Lipinski definition) is 8. The van der Waals surface area contributed by atoms with Crippen LogP contribution in [-0.4, -0.2) is 68.3 Å². The molecule has 3 rings (SSSR count). The summed E-state index contributed by atoms with van der Waals surface area (Å²) >= 11 is 0. The van der Waals surface area contributed by atoms with E-state index in [2.05, 4.69) is 27.2 Å². The van der Waals surface area contributed by atoms with Crippen LogP contribution in [0.2, 0.25) is 0 Å². The second-order valence-corrected chi connectivity index (χ2v) is 5.77. The maximum atomic E-state index is 10.2. The van der Waals surface area contributed by atoms with Crippen LogP contribution in [0.3, 0.4) is 0 Å². The molecule has 0 radical (unpaired) electrons. The van der Waals surface area contributed by atoms with Crippen LogP contribution < -0.4 is 5.32 Å². The van der Waals surface area contributed by atoms with Crippen molar-refractivity contribution < 1.29 is 19.7 Å². The number of unbranched alkanes of at least 4 members (excludes halogenated alkanes) is 1. The quantitative estimate of drug-likeness (QED) is 0.618. The van der Waals surface area contributed by atoms with Crippen LogP contribution >= 0.6 is 0 Å². The number of nitrogens with zero attached hydrogens (tertiary/aromatic N) is 4. The number of aromatic nitrogens is 4. The number of fused-ring (bicyclic) bond motifs is 1. The van der Waals surface area contributed by atoms with E-state index in [4.69, 9.17) is 9.47 Å². The summed E-state index contributed by atoms with van der Waals surface area (Å²) in [7, 11) is 1.50. The molecule has 9 heteroatoms. The predicted molar refractivity (Wildman–Crippen MR) is 86.5 cm³/mol. The Morgan fingerprint density at radius 3 is 2.92 bits per heavy atom. The molecule has 132 valence electrons. The van der Waals surface area contributed by atoms with Gasteiger partial charge in [-0.3, -0.25) is 4.57 Å². The SMILES string of the molecule is CCCCNc1ncnc2c1ncn2[C@@H]1O[C@H](CO)[C@@H](O)[C@H]1OC. The number of methoxy groups -OCH3 is 1. The first kappa shape index (κ1) is 17.0. The highest BCUT2D eigenvalue weighted by atomic mass is 16.6. The molecule has 1 saturated heterocycles. The molecule has 4 atom stereocenters. The van der Waals surface area contributed by atoms with E-state index < -0.39 is 24.5 Å². The van der Waals surface area contributed by atoms with Gasteiger partial charge in [0.2, 0.25) is 0 Å². The summed E-state index contributed by atoms with van der Waals surface area (Å²) in [5.74, 6) is 0.665. The van der Waals surface area contributed by atoms with Crippen LogP contribution in [-0.2, 0) is 9.47 Å². The van der Waals surface area contributed by atoms with Crippen LogP contribution in [0, 0.1) is 0 Å². The minimum atomic E-state index is -0.925. The fraction of sp³-hybridized carbons (Fsp3) is 0.667. The number of anilines is 1. The molecule has 0 bridgehead atoms. The van der Waals surface area contributed by atoms with Gasteiger partial charge < -0.3 is 25.0 Å². The van der Waals surface area contributed by atoms with Gasteiger partial charge in [-0.15, -0.1) is 0 Å². The Hall–Kier alpha value is -1.81. The number of nitrogens with one attached hydrogen (secondary N) is 1. The Labute approximate surface area is 139 Å². The molecule has 9 nitrogen and oxygen atoms in total. The lowest BCUT2D eigenvalue weighted by Gasteiger charge is -2.19. The second-order valence-electron chi connectivity index (χ2n) is 5.77. The van der Waals surface area contributed by atoms with Gasteiger partial charge in [-0.25, -0.2) is 15.0 Å². The molecule has 0 saturated carbocycles. The molecule has 3 N–H and O–H groups in total. The first-order chi connectivity index (χ1) is 11.7. The van der Waals surface area contributed by atoms with Gasteiger partial charge in [-0.05, 0) is 6.42 Å². The standard InChI is InChI=1S/C15H23N5O4/c1-3-4-5-16-13-10-14(18-7-17-13)20(8-19-10)15-12(23-2)11(22)9(6-21)24-15/h7-9,11-12,15,21-22H,3-6H2,1-2H3,(H,16,17,18)/t9-,11-,12-,15-/m1/s1. The normalized spacial score (nSPS) is 27.0. The molecule has 3 heterocycles. The van der Waals surface area contributed by atoms with Crippen LogP contribution in [0.15, 0.2) is 12.7 Å². The molecule has 24 heavy (non-hydrogen) atoms. The smallest absolute Gasteiger partial charge is 0.167 e. The number of rotatable bonds is 7. The Kier molecular flexibility index (Phi) is 5.24. The van der Waals surface area contributed by atoms with Crippen molar-refractivity contribution in [3.63, 3.8) is 0 Å².